The number of hydrogen-bond acceptors (Lipinski definition) is 4. The van der Waals surface area contributed by atoms with Gasteiger partial charge in [-0.05, 0) is 32.0 Å². The monoisotopic (exact) mass is 285 g/mol. The van der Waals surface area contributed by atoms with Crippen LogP contribution in [0.3, 0.4) is 0 Å². The molecule has 0 radical (unpaired) electrons. The topological polar surface area (TPSA) is 21.1 Å². The molecule has 1 fully saturated rings. The molecule has 0 amide bonds. The predicted octanol–water partition coefficient (Wildman–Crippen LogP) is 2.13. The highest BCUT2D eigenvalue weighted by Gasteiger charge is 2.16. The maximum absolute atomic E-state index is 4.21. The summed E-state index contributed by atoms with van der Waals surface area (Å²) in [7, 11) is 4.26. The van der Waals surface area contributed by atoms with Crippen molar-refractivity contribution in [3.63, 3.8) is 0 Å². The van der Waals surface area contributed by atoms with Gasteiger partial charge in [0.15, 0.2) is 0 Å². The third kappa shape index (κ3) is 4.52. The molecule has 5 heteroatoms. The summed E-state index contributed by atoms with van der Waals surface area (Å²) in [4.78, 5) is 2.54. The minimum atomic E-state index is 0.761. The van der Waals surface area contributed by atoms with Crippen molar-refractivity contribution in [2.75, 3.05) is 36.6 Å². The van der Waals surface area contributed by atoms with Crippen molar-refractivity contribution >= 4 is 23.5 Å². The first-order valence-electron chi connectivity index (χ1n) is 6.59. The highest BCUT2D eigenvalue weighted by atomic mass is 32.2. The molecule has 0 N–H and O–H groups in total. The molecular weight excluding hydrogens is 262 g/mol. The van der Waals surface area contributed by atoms with E-state index in [1.165, 1.54) is 41.5 Å². The average molecular weight is 285 g/mol. The largest absolute Gasteiger partial charge is 0.302 e. The van der Waals surface area contributed by atoms with E-state index in [0.29, 0.717) is 0 Å². The van der Waals surface area contributed by atoms with Gasteiger partial charge < -0.3 is 4.90 Å². The van der Waals surface area contributed by atoms with Crippen molar-refractivity contribution in [3.8, 4) is 0 Å². The van der Waals surface area contributed by atoms with Gasteiger partial charge in [-0.25, -0.2) is 0 Å². The molecular formula is C13H23N3S2. The van der Waals surface area contributed by atoms with Gasteiger partial charge in [-0.1, -0.05) is 0 Å². The Morgan fingerprint density at radius 3 is 2.72 bits per heavy atom. The van der Waals surface area contributed by atoms with E-state index in [1.807, 2.05) is 17.9 Å². The lowest BCUT2D eigenvalue weighted by molar-refractivity contribution is 0.278. The summed E-state index contributed by atoms with van der Waals surface area (Å²) in [6.45, 7) is 1.20. The summed E-state index contributed by atoms with van der Waals surface area (Å²) in [5.41, 5.74) is 1.36. The molecule has 1 aromatic rings. The molecule has 2 heterocycles. The van der Waals surface area contributed by atoms with Crippen LogP contribution in [0.25, 0.3) is 0 Å². The zero-order valence-electron chi connectivity index (χ0n) is 11.3. The van der Waals surface area contributed by atoms with E-state index >= 15 is 0 Å². The first-order valence-corrected chi connectivity index (χ1v) is 8.90. The maximum atomic E-state index is 4.21. The molecule has 1 saturated heterocycles. The molecule has 1 aliphatic heterocycles. The van der Waals surface area contributed by atoms with E-state index < -0.39 is 0 Å². The van der Waals surface area contributed by atoms with Crippen LogP contribution in [0.2, 0.25) is 0 Å². The van der Waals surface area contributed by atoms with Gasteiger partial charge in [0, 0.05) is 42.3 Å². The van der Waals surface area contributed by atoms with E-state index in [0.717, 1.165) is 12.5 Å². The van der Waals surface area contributed by atoms with Crippen LogP contribution in [0.1, 0.15) is 12.0 Å². The van der Waals surface area contributed by atoms with Gasteiger partial charge in [0.25, 0.3) is 0 Å². The number of aromatic nitrogens is 2. The second-order valence-electron chi connectivity index (χ2n) is 4.91. The first kappa shape index (κ1) is 14.3. The highest BCUT2D eigenvalue weighted by molar-refractivity contribution is 8.03. The molecule has 0 saturated carbocycles. The van der Waals surface area contributed by atoms with E-state index in [9.17, 15) is 0 Å². The predicted molar refractivity (Wildman–Crippen MR) is 82.6 cm³/mol. The molecule has 0 bridgehead atoms. The normalized spacial score (nSPS) is 18.2. The molecule has 0 aliphatic carbocycles. The Kier molecular flexibility index (Phi) is 5.92. The van der Waals surface area contributed by atoms with E-state index in [1.54, 1.807) is 0 Å². The van der Waals surface area contributed by atoms with Crippen LogP contribution in [0.15, 0.2) is 12.4 Å². The Balaban J connectivity index is 1.68. The minimum absolute atomic E-state index is 0.761. The van der Waals surface area contributed by atoms with Crippen LogP contribution in [0.4, 0.5) is 0 Å². The lowest BCUT2D eigenvalue weighted by atomic mass is 10.2. The van der Waals surface area contributed by atoms with Crippen molar-refractivity contribution in [1.29, 1.82) is 0 Å². The summed E-state index contributed by atoms with van der Waals surface area (Å²) in [5.74, 6) is 5.25. The molecule has 3 nitrogen and oxygen atoms in total. The highest BCUT2D eigenvalue weighted by Crippen LogP contribution is 2.19. The van der Waals surface area contributed by atoms with Crippen molar-refractivity contribution < 1.29 is 0 Å². The van der Waals surface area contributed by atoms with E-state index in [4.69, 9.17) is 0 Å². The van der Waals surface area contributed by atoms with Crippen LogP contribution >= 0.6 is 23.5 Å². The van der Waals surface area contributed by atoms with Gasteiger partial charge in [0.1, 0.15) is 0 Å². The summed E-state index contributed by atoms with van der Waals surface area (Å²) < 4.78 is 1.89. The van der Waals surface area contributed by atoms with E-state index in [-0.39, 0.29) is 0 Å². The van der Waals surface area contributed by atoms with Crippen LogP contribution in [0.5, 0.6) is 0 Å². The summed E-state index contributed by atoms with van der Waals surface area (Å²) >= 11 is 4.22. The van der Waals surface area contributed by atoms with E-state index in [2.05, 4.69) is 46.8 Å². The Morgan fingerprint density at radius 2 is 2.11 bits per heavy atom. The molecule has 0 atom stereocenters. The van der Waals surface area contributed by atoms with Crippen LogP contribution in [0, 0.1) is 0 Å². The van der Waals surface area contributed by atoms with Crippen molar-refractivity contribution in [2.24, 2.45) is 7.05 Å². The molecule has 1 aliphatic rings. The summed E-state index contributed by atoms with van der Waals surface area (Å²) in [5, 5.41) is 4.21. The fraction of sp³-hybridized carbons (Fsp3) is 0.769. The van der Waals surface area contributed by atoms with Gasteiger partial charge in [0.2, 0.25) is 0 Å². The fourth-order valence-electron chi connectivity index (χ4n) is 2.18. The number of rotatable bonds is 5. The zero-order valence-corrected chi connectivity index (χ0v) is 13.0. The SMILES string of the molecule is CN(CCCc1cnn(C)c1)C1CSCCSC1. The second kappa shape index (κ2) is 7.46. The Bertz CT molecular complexity index is 346. The lowest BCUT2D eigenvalue weighted by Crippen LogP contribution is -2.36. The molecule has 1 aromatic heterocycles. The fourth-order valence-corrected chi connectivity index (χ4v) is 4.89. The molecule has 102 valence electrons. The number of aryl methyl sites for hydroxylation is 2. The Labute approximate surface area is 119 Å². The molecule has 0 aromatic carbocycles. The van der Waals surface area contributed by atoms with Crippen molar-refractivity contribution in [2.45, 2.75) is 18.9 Å². The molecule has 2 rings (SSSR count). The number of thioether (sulfide) groups is 2. The standard InChI is InChI=1S/C13H23N3S2/c1-15(13-10-17-6-7-18-11-13)5-3-4-12-8-14-16(2)9-12/h8-9,13H,3-7,10-11H2,1-2H3. The van der Waals surface area contributed by atoms with Gasteiger partial charge in [0.05, 0.1) is 6.20 Å². The second-order valence-corrected chi connectivity index (χ2v) is 7.21. The maximum Gasteiger partial charge on any atom is 0.0521 e. The third-order valence-corrected chi connectivity index (χ3v) is 5.84. The van der Waals surface area contributed by atoms with Crippen molar-refractivity contribution in [3.05, 3.63) is 18.0 Å². The van der Waals surface area contributed by atoms with Gasteiger partial charge in [-0.3, -0.25) is 4.68 Å². The number of nitrogens with zero attached hydrogens (tertiary/aromatic N) is 3. The summed E-state index contributed by atoms with van der Waals surface area (Å²) in [6.07, 6.45) is 6.48. The van der Waals surface area contributed by atoms with Gasteiger partial charge >= 0.3 is 0 Å². The molecule has 0 unspecified atom stereocenters. The van der Waals surface area contributed by atoms with Gasteiger partial charge in [-0.2, -0.15) is 28.6 Å². The zero-order chi connectivity index (χ0) is 12.8. The van der Waals surface area contributed by atoms with Gasteiger partial charge in [-0.15, -0.1) is 0 Å². The first-order chi connectivity index (χ1) is 8.75. The van der Waals surface area contributed by atoms with Crippen LogP contribution in [-0.2, 0) is 13.5 Å². The quantitative estimate of drug-likeness (QED) is 0.826. The average Bonchev–Trinajstić information content (AvgIpc) is 2.63. The lowest BCUT2D eigenvalue weighted by Gasteiger charge is -2.26. The Morgan fingerprint density at radius 1 is 1.39 bits per heavy atom. The van der Waals surface area contributed by atoms with Crippen LogP contribution in [-0.4, -0.2) is 57.3 Å². The Hall–Kier alpha value is -0.130. The summed E-state index contributed by atoms with van der Waals surface area (Å²) in [6, 6.07) is 0.761. The molecule has 18 heavy (non-hydrogen) atoms. The minimum Gasteiger partial charge on any atom is -0.302 e. The molecule has 0 spiro atoms. The third-order valence-electron chi connectivity index (χ3n) is 3.35. The number of hydrogen-bond donors (Lipinski definition) is 0. The smallest absolute Gasteiger partial charge is 0.0521 e. The van der Waals surface area contributed by atoms with Crippen LogP contribution < -0.4 is 0 Å². The van der Waals surface area contributed by atoms with Crippen molar-refractivity contribution in [1.82, 2.24) is 14.7 Å².